The summed E-state index contributed by atoms with van der Waals surface area (Å²) in [6.07, 6.45) is 5.41. The fourth-order valence-electron chi connectivity index (χ4n) is 2.90. The molecule has 7 atom stereocenters. The van der Waals surface area contributed by atoms with Crippen LogP contribution in [0.15, 0.2) is 16.8 Å². The summed E-state index contributed by atoms with van der Waals surface area (Å²) in [5.41, 5.74) is 3.02. The Hall–Kier alpha value is 0.980. The van der Waals surface area contributed by atoms with Crippen molar-refractivity contribution in [2.24, 2.45) is 0 Å². The van der Waals surface area contributed by atoms with Crippen LogP contribution in [0.4, 0.5) is 0 Å². The molecule has 2 aliphatic heterocycles. The molecule has 120 valence electrons. The van der Waals surface area contributed by atoms with Crippen LogP contribution in [0.5, 0.6) is 0 Å². The molecule has 2 aliphatic rings. The molecular weight excluding hydrogens is 443 g/mol. The van der Waals surface area contributed by atoms with Crippen molar-refractivity contribution in [1.29, 1.82) is 0 Å². The Balaban J connectivity index is 2.15. The molecule has 0 aromatic carbocycles. The Bertz CT molecular complexity index is 399. The van der Waals surface area contributed by atoms with E-state index in [1.54, 1.807) is 4.99 Å². The van der Waals surface area contributed by atoms with E-state index in [2.05, 4.69) is 44.5 Å². The van der Waals surface area contributed by atoms with Gasteiger partial charge in [-0.1, -0.05) is 38.8 Å². The fraction of sp³-hybridized carbons (Fsp3) is 0.800. The van der Waals surface area contributed by atoms with Gasteiger partial charge in [-0.15, -0.1) is 28.9 Å². The lowest BCUT2D eigenvalue weighted by atomic mass is 9.93. The number of alkyl halides is 3. The van der Waals surface area contributed by atoms with Crippen LogP contribution < -0.4 is 0 Å². The highest BCUT2D eigenvalue weighted by Crippen LogP contribution is 2.36. The highest BCUT2D eigenvalue weighted by atomic mass is 79.9. The smallest absolute Gasteiger partial charge is 0.0857 e. The highest BCUT2D eigenvalue weighted by molar-refractivity contribution is 9.11. The van der Waals surface area contributed by atoms with Gasteiger partial charge in [0.2, 0.25) is 0 Å². The first kappa shape index (κ1) is 18.3. The fourth-order valence-corrected chi connectivity index (χ4v) is 4.47. The largest absolute Gasteiger partial charge is 0.371 e. The quantitative estimate of drug-likeness (QED) is 0.417. The lowest BCUT2D eigenvalue weighted by molar-refractivity contribution is -0.155. The van der Waals surface area contributed by atoms with E-state index in [0.717, 1.165) is 19.3 Å². The van der Waals surface area contributed by atoms with Crippen LogP contribution in [-0.2, 0) is 9.47 Å². The van der Waals surface area contributed by atoms with Gasteiger partial charge in [0.05, 0.1) is 35.2 Å². The number of hydrogen-bond donors (Lipinski definition) is 0. The molecule has 6 heteroatoms. The van der Waals surface area contributed by atoms with Crippen molar-refractivity contribution < 1.29 is 9.47 Å². The van der Waals surface area contributed by atoms with E-state index in [1.165, 1.54) is 0 Å². The second kappa shape index (κ2) is 8.73. The van der Waals surface area contributed by atoms with Crippen molar-refractivity contribution in [2.45, 2.75) is 72.6 Å². The van der Waals surface area contributed by atoms with Crippen molar-refractivity contribution in [2.75, 3.05) is 0 Å². The summed E-state index contributed by atoms with van der Waals surface area (Å²) in [6.45, 7) is 2.14. The van der Waals surface area contributed by atoms with Gasteiger partial charge in [-0.3, -0.25) is 0 Å². The average molecular weight is 463 g/mol. The molecule has 2 nitrogen and oxygen atoms in total. The molecule has 21 heavy (non-hydrogen) atoms. The third kappa shape index (κ3) is 4.97. The second-order valence-electron chi connectivity index (χ2n) is 5.53. The number of hydrogen-bond acceptors (Lipinski definition) is 2. The van der Waals surface area contributed by atoms with Crippen LogP contribution in [0.3, 0.4) is 0 Å². The summed E-state index contributed by atoms with van der Waals surface area (Å²) in [4.78, 5) is 2.01. The molecule has 2 heterocycles. The third-order valence-electron chi connectivity index (χ3n) is 4.03. The zero-order valence-corrected chi connectivity index (χ0v) is 16.5. The molecule has 2 saturated heterocycles. The average Bonchev–Trinajstić information content (AvgIpc) is 2.45. The Morgan fingerprint density at radius 3 is 2.48 bits per heavy atom. The van der Waals surface area contributed by atoms with E-state index in [0.29, 0.717) is 11.2 Å². The van der Waals surface area contributed by atoms with Gasteiger partial charge in [0, 0.05) is 9.81 Å². The van der Waals surface area contributed by atoms with Crippen LogP contribution in [0.1, 0.15) is 32.6 Å². The Labute approximate surface area is 153 Å². The summed E-state index contributed by atoms with van der Waals surface area (Å²) in [5, 5.41) is -0.229. The molecule has 0 saturated carbocycles. The lowest BCUT2D eigenvalue weighted by Gasteiger charge is -2.43. The maximum absolute atomic E-state index is 6.46. The molecule has 7 unspecified atom stereocenters. The third-order valence-corrected chi connectivity index (χ3v) is 6.35. The van der Waals surface area contributed by atoms with Crippen molar-refractivity contribution in [3.63, 3.8) is 0 Å². The number of fused-ring (bicyclic) bond motifs is 1. The van der Waals surface area contributed by atoms with Gasteiger partial charge in [-0.05, 0) is 31.8 Å². The van der Waals surface area contributed by atoms with E-state index in [-0.39, 0.29) is 35.2 Å². The standard InChI is InChI=1S/C15H20Br2Cl2O2/c1-2-13-10(17)7-14-15(21-13)8-12(19)11(18)6-9(20-14)4-3-5-16/h4-5,9-15H,2,6-8H2,1H3. The van der Waals surface area contributed by atoms with Crippen molar-refractivity contribution in [3.05, 3.63) is 16.8 Å². The Morgan fingerprint density at radius 2 is 1.81 bits per heavy atom. The maximum atomic E-state index is 6.46. The summed E-state index contributed by atoms with van der Waals surface area (Å²) in [5.74, 6) is 0. The predicted molar refractivity (Wildman–Crippen MR) is 95.0 cm³/mol. The van der Waals surface area contributed by atoms with Crippen LogP contribution in [0, 0.1) is 0 Å². The zero-order chi connectivity index (χ0) is 15.4. The maximum Gasteiger partial charge on any atom is 0.0857 e. The minimum Gasteiger partial charge on any atom is -0.371 e. The summed E-state index contributed by atoms with van der Waals surface area (Å²) in [6, 6.07) is 0. The molecule has 0 aliphatic carbocycles. The number of ether oxygens (including phenoxy) is 2. The first-order valence-electron chi connectivity index (χ1n) is 7.29. The SMILES string of the molecule is CCC1OC2CC(Cl)C(Cl)CC(C=C=CBr)OC2CC1Br. The zero-order valence-electron chi connectivity index (χ0n) is 11.9. The Kier molecular flexibility index (Phi) is 7.61. The highest BCUT2D eigenvalue weighted by Gasteiger charge is 2.41. The van der Waals surface area contributed by atoms with Gasteiger partial charge >= 0.3 is 0 Å². The van der Waals surface area contributed by atoms with Gasteiger partial charge < -0.3 is 9.47 Å². The minimum absolute atomic E-state index is 0.0108. The molecule has 0 radical (unpaired) electrons. The van der Waals surface area contributed by atoms with Crippen LogP contribution in [0.25, 0.3) is 0 Å². The molecule has 0 aromatic heterocycles. The summed E-state index contributed by atoms with van der Waals surface area (Å²) in [7, 11) is 0. The van der Waals surface area contributed by atoms with Gasteiger partial charge in [0.1, 0.15) is 0 Å². The van der Waals surface area contributed by atoms with E-state index in [9.17, 15) is 0 Å². The molecule has 0 bridgehead atoms. The topological polar surface area (TPSA) is 18.5 Å². The monoisotopic (exact) mass is 460 g/mol. The first-order chi connectivity index (χ1) is 10.0. The van der Waals surface area contributed by atoms with Crippen molar-refractivity contribution in [1.82, 2.24) is 0 Å². The van der Waals surface area contributed by atoms with E-state index < -0.39 is 0 Å². The molecule has 2 rings (SSSR count). The van der Waals surface area contributed by atoms with Gasteiger partial charge in [-0.25, -0.2) is 0 Å². The normalized spacial score (nSPS) is 44.0. The predicted octanol–water partition coefficient (Wildman–Crippen LogP) is 5.14. The van der Waals surface area contributed by atoms with Crippen molar-refractivity contribution in [3.8, 4) is 0 Å². The number of halogens is 4. The molecular formula is C15H20Br2Cl2O2. The van der Waals surface area contributed by atoms with Crippen LogP contribution in [-0.4, -0.2) is 40.0 Å². The first-order valence-corrected chi connectivity index (χ1v) is 10.00. The van der Waals surface area contributed by atoms with E-state index in [4.69, 9.17) is 32.7 Å². The number of rotatable bonds is 2. The minimum atomic E-state index is -0.128. The van der Waals surface area contributed by atoms with Crippen molar-refractivity contribution >= 4 is 55.1 Å². The summed E-state index contributed by atoms with van der Waals surface area (Å²) >= 11 is 19.8. The molecule has 0 N–H and O–H groups in total. The Morgan fingerprint density at radius 1 is 1.14 bits per heavy atom. The van der Waals surface area contributed by atoms with E-state index in [1.807, 2.05) is 6.08 Å². The second-order valence-corrected chi connectivity index (χ2v) is 8.29. The van der Waals surface area contributed by atoms with E-state index >= 15 is 0 Å². The molecule has 0 spiro atoms. The lowest BCUT2D eigenvalue weighted by Crippen LogP contribution is -2.50. The van der Waals surface area contributed by atoms with Gasteiger partial charge in [0.15, 0.2) is 0 Å². The van der Waals surface area contributed by atoms with Crippen LogP contribution >= 0.6 is 55.1 Å². The molecule has 0 aromatic rings. The van der Waals surface area contributed by atoms with Gasteiger partial charge in [-0.2, -0.15) is 0 Å². The molecule has 2 fully saturated rings. The van der Waals surface area contributed by atoms with Crippen LogP contribution in [0.2, 0.25) is 0 Å². The van der Waals surface area contributed by atoms with Gasteiger partial charge in [0.25, 0.3) is 0 Å². The molecule has 0 amide bonds. The summed E-state index contributed by atoms with van der Waals surface area (Å²) < 4.78 is 12.4.